The minimum absolute atomic E-state index is 0.173. The lowest BCUT2D eigenvalue weighted by atomic mass is 10.2. The third kappa shape index (κ3) is 1.85. The van der Waals surface area contributed by atoms with Gasteiger partial charge in [0.25, 0.3) is 0 Å². The number of aromatic hydroxyl groups is 1. The van der Waals surface area contributed by atoms with Gasteiger partial charge in [-0.25, -0.2) is 4.98 Å². The first-order chi connectivity index (χ1) is 7.20. The average molecular weight is 223 g/mol. The van der Waals surface area contributed by atoms with Crippen molar-refractivity contribution in [3.63, 3.8) is 0 Å². The maximum Gasteiger partial charge on any atom is 0.171 e. The van der Waals surface area contributed by atoms with Crippen LogP contribution in [0.15, 0.2) is 24.3 Å². The Morgan fingerprint density at radius 2 is 2.00 bits per heavy atom. The van der Waals surface area contributed by atoms with Crippen molar-refractivity contribution < 1.29 is 9.90 Å². The highest BCUT2D eigenvalue weighted by Gasteiger charge is 2.08. The molecule has 0 saturated heterocycles. The second-order valence-electron chi connectivity index (χ2n) is 2.95. The summed E-state index contributed by atoms with van der Waals surface area (Å²) in [7, 11) is 0. The highest BCUT2D eigenvalue weighted by atomic mass is 35.5. The molecule has 0 aliphatic carbocycles. The maximum atomic E-state index is 10.5. The Labute approximate surface area is 90.5 Å². The number of halogens is 1. The monoisotopic (exact) mass is 222 g/mol. The van der Waals surface area contributed by atoms with Crippen LogP contribution in [0.4, 0.5) is 0 Å². The second-order valence-corrected chi connectivity index (χ2v) is 3.33. The Bertz CT molecular complexity index is 491. The van der Waals surface area contributed by atoms with Crippen molar-refractivity contribution in [3.05, 3.63) is 35.1 Å². The van der Waals surface area contributed by atoms with Gasteiger partial charge in [0, 0.05) is 5.56 Å². The SMILES string of the molecule is O=Cc1nc(-c2ccc(O)cc2)[nH]c1Cl. The van der Waals surface area contributed by atoms with E-state index < -0.39 is 0 Å². The van der Waals surface area contributed by atoms with Gasteiger partial charge >= 0.3 is 0 Å². The normalized spacial score (nSPS) is 10.2. The molecule has 0 aliphatic rings. The summed E-state index contributed by atoms with van der Waals surface area (Å²) in [6.45, 7) is 0. The fourth-order valence-electron chi connectivity index (χ4n) is 1.20. The molecule has 15 heavy (non-hydrogen) atoms. The van der Waals surface area contributed by atoms with Gasteiger partial charge in [0.05, 0.1) is 0 Å². The fraction of sp³-hybridized carbons (Fsp3) is 0. The Morgan fingerprint density at radius 3 is 2.53 bits per heavy atom. The molecule has 5 heteroatoms. The third-order valence-corrected chi connectivity index (χ3v) is 2.23. The Balaban J connectivity index is 2.45. The number of hydrogen-bond acceptors (Lipinski definition) is 3. The Hall–Kier alpha value is -1.81. The van der Waals surface area contributed by atoms with E-state index in [4.69, 9.17) is 16.7 Å². The van der Waals surface area contributed by atoms with E-state index >= 15 is 0 Å². The van der Waals surface area contributed by atoms with Gasteiger partial charge in [-0.3, -0.25) is 4.79 Å². The summed E-state index contributed by atoms with van der Waals surface area (Å²) in [6, 6.07) is 6.43. The molecule has 0 radical (unpaired) electrons. The topological polar surface area (TPSA) is 66.0 Å². The molecule has 0 spiro atoms. The Kier molecular flexibility index (Phi) is 2.43. The van der Waals surface area contributed by atoms with E-state index in [0.29, 0.717) is 12.1 Å². The second kappa shape index (κ2) is 3.74. The van der Waals surface area contributed by atoms with Crippen LogP contribution in [-0.4, -0.2) is 21.4 Å². The number of aromatic amines is 1. The third-order valence-electron chi connectivity index (χ3n) is 1.94. The fourth-order valence-corrected chi connectivity index (χ4v) is 1.38. The van der Waals surface area contributed by atoms with Crippen LogP contribution < -0.4 is 0 Å². The average Bonchev–Trinajstić information content (AvgIpc) is 2.61. The minimum Gasteiger partial charge on any atom is -0.508 e. The Morgan fingerprint density at radius 1 is 1.33 bits per heavy atom. The number of benzene rings is 1. The summed E-state index contributed by atoms with van der Waals surface area (Å²) in [4.78, 5) is 17.3. The van der Waals surface area contributed by atoms with Gasteiger partial charge < -0.3 is 10.1 Å². The van der Waals surface area contributed by atoms with Crippen LogP contribution in [0.25, 0.3) is 11.4 Å². The van der Waals surface area contributed by atoms with Crippen molar-refractivity contribution >= 4 is 17.9 Å². The number of phenolic OH excluding ortho intramolecular Hbond substituents is 1. The van der Waals surface area contributed by atoms with Crippen LogP contribution in [0.2, 0.25) is 5.15 Å². The van der Waals surface area contributed by atoms with Crippen LogP contribution in [0.5, 0.6) is 5.75 Å². The molecule has 0 fully saturated rings. The van der Waals surface area contributed by atoms with Gasteiger partial charge in [0.15, 0.2) is 6.29 Å². The first-order valence-electron chi connectivity index (χ1n) is 4.21. The van der Waals surface area contributed by atoms with Crippen LogP contribution in [0, 0.1) is 0 Å². The van der Waals surface area contributed by atoms with Gasteiger partial charge in [-0.2, -0.15) is 0 Å². The van der Waals surface area contributed by atoms with Crippen molar-refractivity contribution in [1.29, 1.82) is 0 Å². The molecule has 0 bridgehead atoms. The smallest absolute Gasteiger partial charge is 0.171 e. The molecule has 1 heterocycles. The van der Waals surface area contributed by atoms with Crippen molar-refractivity contribution in [2.45, 2.75) is 0 Å². The number of nitrogens with zero attached hydrogens (tertiary/aromatic N) is 1. The quantitative estimate of drug-likeness (QED) is 0.766. The predicted molar refractivity (Wildman–Crippen MR) is 56.1 cm³/mol. The number of aldehydes is 1. The molecular formula is C10H7ClN2O2. The number of phenols is 1. The molecule has 76 valence electrons. The lowest BCUT2D eigenvalue weighted by molar-refractivity contribution is 0.111. The molecule has 0 aliphatic heterocycles. The van der Waals surface area contributed by atoms with Gasteiger partial charge in [-0.1, -0.05) is 11.6 Å². The largest absolute Gasteiger partial charge is 0.508 e. The van der Waals surface area contributed by atoms with Gasteiger partial charge in [-0.15, -0.1) is 0 Å². The van der Waals surface area contributed by atoms with E-state index in [2.05, 4.69) is 9.97 Å². The number of hydrogen-bond donors (Lipinski definition) is 2. The number of H-pyrrole nitrogens is 1. The zero-order valence-electron chi connectivity index (χ0n) is 7.57. The number of carbonyl (C=O) groups excluding carboxylic acids is 1. The molecule has 1 aromatic heterocycles. The molecule has 0 unspecified atom stereocenters. The van der Waals surface area contributed by atoms with Crippen LogP contribution in [0.1, 0.15) is 10.5 Å². The van der Waals surface area contributed by atoms with Crippen molar-refractivity contribution in [2.24, 2.45) is 0 Å². The highest BCUT2D eigenvalue weighted by molar-refractivity contribution is 6.31. The number of aromatic nitrogens is 2. The molecule has 1 aromatic carbocycles. The predicted octanol–water partition coefficient (Wildman–Crippen LogP) is 2.25. The number of imidazole rings is 1. The molecular weight excluding hydrogens is 216 g/mol. The molecule has 0 amide bonds. The number of rotatable bonds is 2. The molecule has 0 atom stereocenters. The molecule has 2 rings (SSSR count). The van der Waals surface area contributed by atoms with Crippen LogP contribution >= 0.6 is 11.6 Å². The number of nitrogens with one attached hydrogen (secondary N) is 1. The van der Waals surface area contributed by atoms with Crippen molar-refractivity contribution in [2.75, 3.05) is 0 Å². The van der Waals surface area contributed by atoms with Crippen molar-refractivity contribution in [3.8, 4) is 17.1 Å². The van der Waals surface area contributed by atoms with Gasteiger partial charge in [-0.05, 0) is 24.3 Å². The van der Waals surface area contributed by atoms with Crippen LogP contribution in [0.3, 0.4) is 0 Å². The van der Waals surface area contributed by atoms with Gasteiger partial charge in [0.2, 0.25) is 0 Å². The van der Waals surface area contributed by atoms with E-state index in [-0.39, 0.29) is 16.6 Å². The standard InChI is InChI=1S/C10H7ClN2O2/c11-9-8(5-14)12-10(13-9)6-1-3-7(15)4-2-6/h1-5,15H,(H,12,13). The lowest BCUT2D eigenvalue weighted by Gasteiger charge is -1.95. The first-order valence-corrected chi connectivity index (χ1v) is 4.58. The van der Waals surface area contributed by atoms with E-state index in [1.165, 1.54) is 12.1 Å². The van der Waals surface area contributed by atoms with Crippen LogP contribution in [-0.2, 0) is 0 Å². The first kappa shape index (κ1) is 9.73. The molecule has 2 aromatic rings. The summed E-state index contributed by atoms with van der Waals surface area (Å²) in [5.74, 6) is 0.675. The highest BCUT2D eigenvalue weighted by Crippen LogP contribution is 2.22. The van der Waals surface area contributed by atoms with E-state index in [9.17, 15) is 4.79 Å². The molecule has 4 nitrogen and oxygen atoms in total. The maximum absolute atomic E-state index is 10.5. The zero-order valence-corrected chi connectivity index (χ0v) is 8.32. The summed E-state index contributed by atoms with van der Waals surface area (Å²) in [5, 5.41) is 9.31. The van der Waals surface area contributed by atoms with Gasteiger partial charge in [0.1, 0.15) is 22.4 Å². The summed E-state index contributed by atoms with van der Waals surface area (Å²) in [5.41, 5.74) is 0.933. The van der Waals surface area contributed by atoms with E-state index in [1.54, 1.807) is 12.1 Å². The van der Waals surface area contributed by atoms with E-state index in [1.807, 2.05) is 0 Å². The summed E-state index contributed by atoms with van der Waals surface area (Å²) < 4.78 is 0. The summed E-state index contributed by atoms with van der Waals surface area (Å²) >= 11 is 5.73. The zero-order chi connectivity index (χ0) is 10.8. The molecule has 0 saturated carbocycles. The van der Waals surface area contributed by atoms with E-state index in [0.717, 1.165) is 5.56 Å². The van der Waals surface area contributed by atoms with Crippen molar-refractivity contribution in [1.82, 2.24) is 9.97 Å². The summed E-state index contributed by atoms with van der Waals surface area (Å²) in [6.07, 6.45) is 0.586. The lowest BCUT2D eigenvalue weighted by Crippen LogP contribution is -1.81. The molecule has 2 N–H and O–H groups in total. The minimum atomic E-state index is 0.173. The number of carbonyl (C=O) groups is 1.